The molecule has 17 heavy (non-hydrogen) atoms. The molecule has 3 rings (SSSR count). The molecule has 0 saturated heterocycles. The van der Waals surface area contributed by atoms with Gasteiger partial charge in [0.15, 0.2) is 0 Å². The number of pyridine rings is 1. The summed E-state index contributed by atoms with van der Waals surface area (Å²) in [7, 11) is 0. The van der Waals surface area contributed by atoms with Gasteiger partial charge in [0.05, 0.1) is 11.9 Å². The van der Waals surface area contributed by atoms with E-state index in [0.29, 0.717) is 11.5 Å². The first-order valence-electron chi connectivity index (χ1n) is 6.27. The summed E-state index contributed by atoms with van der Waals surface area (Å²) >= 11 is 0. The third-order valence-electron chi connectivity index (χ3n) is 4.50. The van der Waals surface area contributed by atoms with E-state index in [4.69, 9.17) is 11.5 Å². The lowest BCUT2D eigenvalue weighted by Gasteiger charge is -2.23. The molecule has 0 aromatic carbocycles. The van der Waals surface area contributed by atoms with Crippen LogP contribution in [0.4, 0.5) is 5.69 Å². The number of nitrogen functional groups attached to an aromatic ring is 1. The van der Waals surface area contributed by atoms with Crippen LogP contribution in [0.15, 0.2) is 18.5 Å². The number of nitrogens with two attached hydrogens (primary N) is 2. The van der Waals surface area contributed by atoms with Gasteiger partial charge in [-0.25, -0.2) is 0 Å². The molecule has 3 nitrogen and oxygen atoms in total. The normalized spacial score (nSPS) is 31.4. The quantitative estimate of drug-likeness (QED) is 0.776. The van der Waals surface area contributed by atoms with E-state index in [9.17, 15) is 0 Å². The predicted molar refractivity (Wildman–Crippen MR) is 70.2 cm³/mol. The zero-order valence-electron chi connectivity index (χ0n) is 10.2. The standard InChI is InChI=1S/C14H19N3/c1-9-11(7-17-8-12(9)15)10-2-4-14(5-3-10)6-13(14)16/h2,7-8,13H,3-6,15-16H2,1H3. The van der Waals surface area contributed by atoms with Crippen molar-refractivity contribution < 1.29 is 0 Å². The Kier molecular flexibility index (Phi) is 2.26. The van der Waals surface area contributed by atoms with E-state index < -0.39 is 0 Å². The van der Waals surface area contributed by atoms with E-state index >= 15 is 0 Å². The molecule has 1 heterocycles. The second-order valence-corrected chi connectivity index (χ2v) is 5.51. The van der Waals surface area contributed by atoms with Gasteiger partial charge in [-0.3, -0.25) is 4.98 Å². The van der Waals surface area contributed by atoms with Gasteiger partial charge in [0.1, 0.15) is 0 Å². The highest BCUT2D eigenvalue weighted by molar-refractivity contribution is 5.72. The molecule has 2 aliphatic carbocycles. The summed E-state index contributed by atoms with van der Waals surface area (Å²) in [5.41, 5.74) is 16.9. The van der Waals surface area contributed by atoms with Crippen molar-refractivity contribution in [2.24, 2.45) is 11.1 Å². The lowest BCUT2D eigenvalue weighted by molar-refractivity contribution is 0.447. The summed E-state index contributed by atoms with van der Waals surface area (Å²) in [6.07, 6.45) is 10.7. The maximum Gasteiger partial charge on any atom is 0.0536 e. The second-order valence-electron chi connectivity index (χ2n) is 5.51. The van der Waals surface area contributed by atoms with Gasteiger partial charge in [0.2, 0.25) is 0 Å². The van der Waals surface area contributed by atoms with Gasteiger partial charge in [-0.05, 0) is 49.2 Å². The van der Waals surface area contributed by atoms with Crippen molar-refractivity contribution in [3.05, 3.63) is 29.6 Å². The lowest BCUT2D eigenvalue weighted by Crippen LogP contribution is -2.16. The fraction of sp³-hybridized carbons (Fsp3) is 0.500. The van der Waals surface area contributed by atoms with Gasteiger partial charge in [0.25, 0.3) is 0 Å². The number of hydrogen-bond donors (Lipinski definition) is 2. The van der Waals surface area contributed by atoms with Crippen molar-refractivity contribution in [1.29, 1.82) is 0 Å². The van der Waals surface area contributed by atoms with Crippen LogP contribution in [0.3, 0.4) is 0 Å². The van der Waals surface area contributed by atoms with Crippen LogP contribution in [0.1, 0.15) is 36.8 Å². The van der Waals surface area contributed by atoms with Crippen LogP contribution in [0.5, 0.6) is 0 Å². The fourth-order valence-electron chi connectivity index (χ4n) is 2.93. The van der Waals surface area contributed by atoms with E-state index in [2.05, 4.69) is 18.0 Å². The minimum absolute atomic E-state index is 0.431. The van der Waals surface area contributed by atoms with Crippen molar-refractivity contribution in [2.75, 3.05) is 5.73 Å². The Balaban J connectivity index is 1.89. The monoisotopic (exact) mass is 229 g/mol. The highest BCUT2D eigenvalue weighted by atomic mass is 14.8. The van der Waals surface area contributed by atoms with Crippen molar-refractivity contribution in [1.82, 2.24) is 4.98 Å². The Morgan fingerprint density at radius 1 is 1.41 bits per heavy atom. The molecule has 1 aromatic rings. The Morgan fingerprint density at radius 3 is 2.76 bits per heavy atom. The molecular weight excluding hydrogens is 210 g/mol. The number of rotatable bonds is 1. The van der Waals surface area contributed by atoms with Gasteiger partial charge >= 0.3 is 0 Å². The van der Waals surface area contributed by atoms with Crippen molar-refractivity contribution in [3.8, 4) is 0 Å². The van der Waals surface area contributed by atoms with E-state index in [-0.39, 0.29) is 0 Å². The first-order valence-corrected chi connectivity index (χ1v) is 6.27. The van der Waals surface area contributed by atoms with Crippen LogP contribution in [0.2, 0.25) is 0 Å². The summed E-state index contributed by atoms with van der Waals surface area (Å²) in [6.45, 7) is 2.07. The summed E-state index contributed by atoms with van der Waals surface area (Å²) in [5, 5.41) is 0. The van der Waals surface area contributed by atoms with E-state index in [0.717, 1.165) is 24.1 Å². The second kappa shape index (κ2) is 3.57. The third kappa shape index (κ3) is 1.65. The van der Waals surface area contributed by atoms with Gasteiger partial charge in [-0.1, -0.05) is 6.08 Å². The molecule has 1 aromatic heterocycles. The molecule has 0 bridgehead atoms. The van der Waals surface area contributed by atoms with Gasteiger partial charge in [-0.2, -0.15) is 0 Å². The molecule has 90 valence electrons. The molecule has 1 fully saturated rings. The summed E-state index contributed by atoms with van der Waals surface area (Å²) in [6, 6.07) is 0.431. The van der Waals surface area contributed by atoms with Crippen molar-refractivity contribution in [3.63, 3.8) is 0 Å². The molecule has 0 radical (unpaired) electrons. The molecule has 2 unspecified atom stereocenters. The third-order valence-corrected chi connectivity index (χ3v) is 4.50. The average molecular weight is 229 g/mol. The average Bonchev–Trinajstić information content (AvgIpc) is 2.94. The molecule has 1 saturated carbocycles. The van der Waals surface area contributed by atoms with Crippen LogP contribution in [0, 0.1) is 12.3 Å². The first-order chi connectivity index (χ1) is 8.12. The van der Waals surface area contributed by atoms with Crippen molar-refractivity contribution in [2.45, 2.75) is 38.6 Å². The molecule has 0 amide bonds. The minimum Gasteiger partial charge on any atom is -0.397 e. The van der Waals surface area contributed by atoms with Gasteiger partial charge in [-0.15, -0.1) is 0 Å². The molecule has 0 aliphatic heterocycles. The number of anilines is 1. The zero-order valence-corrected chi connectivity index (χ0v) is 10.2. The number of allylic oxidation sites excluding steroid dienone is 2. The largest absolute Gasteiger partial charge is 0.397 e. The molecule has 2 atom stereocenters. The van der Waals surface area contributed by atoms with Gasteiger partial charge < -0.3 is 11.5 Å². The Labute approximate surface area is 102 Å². The molecular formula is C14H19N3. The van der Waals surface area contributed by atoms with E-state index in [1.54, 1.807) is 6.20 Å². The smallest absolute Gasteiger partial charge is 0.0536 e. The maximum absolute atomic E-state index is 6.01. The summed E-state index contributed by atoms with van der Waals surface area (Å²) in [5.74, 6) is 0. The van der Waals surface area contributed by atoms with Crippen LogP contribution in [0.25, 0.3) is 5.57 Å². The fourth-order valence-corrected chi connectivity index (χ4v) is 2.93. The molecule has 3 heteroatoms. The predicted octanol–water partition coefficient (Wildman–Crippen LogP) is 2.26. The molecule has 1 spiro atoms. The highest BCUT2D eigenvalue weighted by Crippen LogP contribution is 2.55. The van der Waals surface area contributed by atoms with Crippen LogP contribution >= 0.6 is 0 Å². The van der Waals surface area contributed by atoms with Crippen LogP contribution in [-0.4, -0.2) is 11.0 Å². The Hall–Kier alpha value is -1.35. The summed E-state index contributed by atoms with van der Waals surface area (Å²) in [4.78, 5) is 4.20. The minimum atomic E-state index is 0.431. The Bertz CT molecular complexity index is 492. The topological polar surface area (TPSA) is 64.9 Å². The van der Waals surface area contributed by atoms with E-state index in [1.807, 2.05) is 6.20 Å². The first kappa shape index (κ1) is 10.8. The lowest BCUT2D eigenvalue weighted by atomic mass is 9.83. The number of nitrogens with zero attached hydrogens (tertiary/aromatic N) is 1. The van der Waals surface area contributed by atoms with Crippen LogP contribution < -0.4 is 11.5 Å². The SMILES string of the molecule is Cc1c(N)cncc1C1=CCC2(CC1)CC2N. The van der Waals surface area contributed by atoms with Crippen LogP contribution in [-0.2, 0) is 0 Å². The molecule has 4 N–H and O–H groups in total. The highest BCUT2D eigenvalue weighted by Gasteiger charge is 2.51. The van der Waals surface area contributed by atoms with Crippen molar-refractivity contribution >= 4 is 11.3 Å². The molecule has 2 aliphatic rings. The number of aromatic nitrogens is 1. The maximum atomic E-state index is 6.01. The number of hydrogen-bond acceptors (Lipinski definition) is 3. The Morgan fingerprint density at radius 2 is 2.18 bits per heavy atom. The summed E-state index contributed by atoms with van der Waals surface area (Å²) < 4.78 is 0. The van der Waals surface area contributed by atoms with Gasteiger partial charge in [0, 0.05) is 17.8 Å². The van der Waals surface area contributed by atoms with E-state index in [1.165, 1.54) is 24.0 Å². The zero-order chi connectivity index (χ0) is 12.0.